The molecule has 0 bridgehead atoms. The summed E-state index contributed by atoms with van der Waals surface area (Å²) < 4.78 is 0. The van der Waals surface area contributed by atoms with Crippen LogP contribution < -0.4 is 5.43 Å². The number of non-ortho nitro benzene ring substituents is 1. The highest BCUT2D eigenvalue weighted by Crippen LogP contribution is 2.23. The van der Waals surface area contributed by atoms with Gasteiger partial charge in [-0.25, -0.2) is 5.43 Å². The van der Waals surface area contributed by atoms with Gasteiger partial charge in [-0.05, 0) is 12.1 Å². The monoisotopic (exact) mass is 336 g/mol. The van der Waals surface area contributed by atoms with Gasteiger partial charge in [-0.1, -0.05) is 11.3 Å². The number of nitrogens with one attached hydrogen (secondary N) is 1. The number of nitrogens with zero attached hydrogens (tertiary/aromatic N) is 3. The smallest absolute Gasteiger partial charge is 0.324 e. The van der Waals surface area contributed by atoms with E-state index in [0.717, 1.165) is 29.5 Å². The first-order chi connectivity index (χ1) is 10.9. The van der Waals surface area contributed by atoms with Gasteiger partial charge in [0.15, 0.2) is 0 Å². The van der Waals surface area contributed by atoms with E-state index in [9.17, 15) is 30.1 Å². The van der Waals surface area contributed by atoms with Crippen LogP contribution in [0.5, 0.6) is 5.75 Å². The van der Waals surface area contributed by atoms with Gasteiger partial charge in [0, 0.05) is 18.2 Å². The molecule has 118 valence electrons. The Labute approximate surface area is 132 Å². The number of amides is 1. The van der Waals surface area contributed by atoms with Crippen LogP contribution in [0.3, 0.4) is 0 Å². The Kier molecular flexibility index (Phi) is 4.61. The third kappa shape index (κ3) is 3.85. The van der Waals surface area contributed by atoms with Crippen molar-refractivity contribution in [2.45, 2.75) is 0 Å². The maximum Gasteiger partial charge on any atom is 0.324 e. The molecule has 10 nitrogen and oxygen atoms in total. The van der Waals surface area contributed by atoms with E-state index in [4.69, 9.17) is 0 Å². The van der Waals surface area contributed by atoms with Gasteiger partial charge >= 0.3 is 5.00 Å². The summed E-state index contributed by atoms with van der Waals surface area (Å²) >= 11 is 0.860. The SMILES string of the molecule is O=C(NN=Cc1ccc([N+](=O)[O-])s1)c1cc([N+](=O)[O-])ccc1O. The number of carbonyl (C=O) groups is 1. The summed E-state index contributed by atoms with van der Waals surface area (Å²) in [5.41, 5.74) is 1.41. The van der Waals surface area contributed by atoms with Crippen LogP contribution in [0.4, 0.5) is 10.7 Å². The summed E-state index contributed by atoms with van der Waals surface area (Å²) in [5, 5.41) is 34.3. The van der Waals surface area contributed by atoms with Crippen molar-refractivity contribution >= 4 is 34.1 Å². The molecule has 1 heterocycles. The number of phenolic OH excluding ortho intramolecular Hbond substituents is 1. The molecule has 0 fully saturated rings. The van der Waals surface area contributed by atoms with Crippen LogP contribution in [0.2, 0.25) is 0 Å². The number of hydrazone groups is 1. The molecule has 0 spiro atoms. The van der Waals surface area contributed by atoms with Gasteiger partial charge in [-0.3, -0.25) is 25.0 Å². The van der Waals surface area contributed by atoms with E-state index in [2.05, 4.69) is 10.5 Å². The van der Waals surface area contributed by atoms with Gasteiger partial charge < -0.3 is 5.11 Å². The van der Waals surface area contributed by atoms with Crippen molar-refractivity contribution < 1.29 is 19.7 Å². The van der Waals surface area contributed by atoms with E-state index in [1.807, 2.05) is 0 Å². The van der Waals surface area contributed by atoms with Crippen molar-refractivity contribution in [1.82, 2.24) is 5.43 Å². The molecule has 0 aliphatic carbocycles. The highest BCUT2D eigenvalue weighted by molar-refractivity contribution is 7.16. The summed E-state index contributed by atoms with van der Waals surface area (Å²) in [6, 6.07) is 5.74. The predicted molar refractivity (Wildman–Crippen MR) is 80.8 cm³/mol. The summed E-state index contributed by atoms with van der Waals surface area (Å²) in [5.74, 6) is -1.29. The standard InChI is InChI=1S/C12H8N4O6S/c17-10-3-1-7(15(19)20)5-9(10)12(18)14-13-6-8-2-4-11(23-8)16(21)22/h1-6,17H,(H,14,18). The number of nitro groups is 2. The number of nitro benzene ring substituents is 1. The molecule has 1 aromatic heterocycles. The normalized spacial score (nSPS) is 10.6. The maximum absolute atomic E-state index is 11.8. The zero-order valence-electron chi connectivity index (χ0n) is 11.2. The molecule has 1 aromatic carbocycles. The molecule has 23 heavy (non-hydrogen) atoms. The van der Waals surface area contributed by atoms with E-state index < -0.39 is 21.5 Å². The molecule has 0 saturated heterocycles. The van der Waals surface area contributed by atoms with E-state index in [1.165, 1.54) is 18.3 Å². The van der Waals surface area contributed by atoms with Crippen LogP contribution in [0, 0.1) is 20.2 Å². The summed E-state index contributed by atoms with van der Waals surface area (Å²) in [6.45, 7) is 0. The largest absolute Gasteiger partial charge is 0.507 e. The lowest BCUT2D eigenvalue weighted by Gasteiger charge is -2.02. The molecule has 2 rings (SSSR count). The van der Waals surface area contributed by atoms with Gasteiger partial charge in [-0.15, -0.1) is 0 Å². The van der Waals surface area contributed by atoms with E-state index in [-0.39, 0.29) is 16.3 Å². The average molecular weight is 336 g/mol. The van der Waals surface area contributed by atoms with E-state index in [0.29, 0.717) is 4.88 Å². The molecule has 0 aliphatic heterocycles. The second-order valence-corrected chi connectivity index (χ2v) is 5.18. The zero-order chi connectivity index (χ0) is 17.0. The van der Waals surface area contributed by atoms with Gasteiger partial charge in [0.25, 0.3) is 11.6 Å². The lowest BCUT2D eigenvalue weighted by molar-refractivity contribution is -0.384. The fourth-order valence-corrected chi connectivity index (χ4v) is 2.24. The Bertz CT molecular complexity index is 816. The molecule has 2 aromatic rings. The van der Waals surface area contributed by atoms with Crippen LogP contribution in [0.25, 0.3) is 0 Å². The number of benzene rings is 1. The second-order valence-electron chi connectivity index (χ2n) is 4.09. The fraction of sp³-hybridized carbons (Fsp3) is 0. The van der Waals surface area contributed by atoms with E-state index >= 15 is 0 Å². The Morgan fingerprint density at radius 2 is 1.96 bits per heavy atom. The minimum absolute atomic E-state index is 0.0749. The highest BCUT2D eigenvalue weighted by atomic mass is 32.1. The Morgan fingerprint density at radius 3 is 2.57 bits per heavy atom. The van der Waals surface area contributed by atoms with Crippen molar-refractivity contribution in [3.8, 4) is 5.75 Å². The third-order valence-corrected chi connectivity index (χ3v) is 3.56. The zero-order valence-corrected chi connectivity index (χ0v) is 12.0. The van der Waals surface area contributed by atoms with Gasteiger partial charge in [0.1, 0.15) is 5.75 Å². The van der Waals surface area contributed by atoms with Gasteiger partial charge in [-0.2, -0.15) is 5.10 Å². The topological polar surface area (TPSA) is 148 Å². The number of hydrogen-bond acceptors (Lipinski definition) is 8. The minimum Gasteiger partial charge on any atom is -0.507 e. The lowest BCUT2D eigenvalue weighted by atomic mass is 10.1. The van der Waals surface area contributed by atoms with Crippen molar-refractivity contribution in [1.29, 1.82) is 0 Å². The van der Waals surface area contributed by atoms with Crippen molar-refractivity contribution in [3.05, 3.63) is 61.0 Å². The lowest BCUT2D eigenvalue weighted by Crippen LogP contribution is -2.17. The number of carbonyl (C=O) groups excluding carboxylic acids is 1. The van der Waals surface area contributed by atoms with E-state index in [1.54, 1.807) is 0 Å². The molecule has 0 saturated carbocycles. The predicted octanol–water partition coefficient (Wildman–Crippen LogP) is 2.03. The molecule has 0 aliphatic rings. The summed E-state index contributed by atoms with van der Waals surface area (Å²) in [4.78, 5) is 32.2. The average Bonchev–Trinajstić information content (AvgIpc) is 2.96. The first-order valence-corrected chi connectivity index (χ1v) is 6.75. The highest BCUT2D eigenvalue weighted by Gasteiger charge is 2.16. The van der Waals surface area contributed by atoms with Crippen LogP contribution in [-0.4, -0.2) is 27.1 Å². The van der Waals surface area contributed by atoms with Crippen LogP contribution in [-0.2, 0) is 0 Å². The summed E-state index contributed by atoms with van der Waals surface area (Å²) in [7, 11) is 0. The van der Waals surface area contributed by atoms with Crippen molar-refractivity contribution in [2.24, 2.45) is 5.10 Å². The first-order valence-electron chi connectivity index (χ1n) is 5.93. The Hall–Kier alpha value is -3.34. The fourth-order valence-electron chi connectivity index (χ4n) is 1.54. The third-order valence-electron chi connectivity index (χ3n) is 2.59. The Balaban J connectivity index is 2.09. The molecular weight excluding hydrogens is 328 g/mol. The Morgan fingerprint density at radius 1 is 1.22 bits per heavy atom. The number of rotatable bonds is 5. The number of phenols is 1. The molecule has 11 heteroatoms. The number of thiophene rings is 1. The molecule has 1 amide bonds. The number of hydrogen-bond donors (Lipinski definition) is 2. The van der Waals surface area contributed by atoms with Crippen molar-refractivity contribution in [3.63, 3.8) is 0 Å². The van der Waals surface area contributed by atoms with Gasteiger partial charge in [0.05, 0.1) is 26.5 Å². The van der Waals surface area contributed by atoms with Gasteiger partial charge in [0.2, 0.25) is 0 Å². The van der Waals surface area contributed by atoms with Crippen molar-refractivity contribution in [2.75, 3.05) is 0 Å². The van der Waals surface area contributed by atoms with Crippen LogP contribution in [0.15, 0.2) is 35.4 Å². The maximum atomic E-state index is 11.8. The molecule has 2 N–H and O–H groups in total. The summed E-state index contributed by atoms with van der Waals surface area (Å²) in [6.07, 6.45) is 1.18. The van der Waals surface area contributed by atoms with Crippen LogP contribution >= 0.6 is 11.3 Å². The quantitative estimate of drug-likeness (QED) is 0.485. The minimum atomic E-state index is -0.853. The molecule has 0 radical (unpaired) electrons. The molecule has 0 unspecified atom stereocenters. The van der Waals surface area contributed by atoms with Crippen LogP contribution in [0.1, 0.15) is 15.2 Å². The number of aromatic hydroxyl groups is 1. The molecular formula is C12H8N4O6S. The molecule has 0 atom stereocenters. The first kappa shape index (κ1) is 16.0. The second kappa shape index (κ2) is 6.62.